The molecule has 2 rings (SSSR count). The van der Waals surface area contributed by atoms with Gasteiger partial charge in [0.2, 0.25) is 0 Å². The Kier molecular flexibility index (Phi) is 3.42. The van der Waals surface area contributed by atoms with Gasteiger partial charge in [-0.1, -0.05) is 6.92 Å². The Morgan fingerprint density at radius 3 is 2.32 bits per heavy atom. The Morgan fingerprint density at radius 1 is 1.26 bits per heavy atom. The maximum Gasteiger partial charge on any atom is 0.497 e. The number of nitriles is 1. The predicted octanol–water partition coefficient (Wildman–Crippen LogP) is 1.81. The third kappa shape index (κ3) is 2.38. The van der Waals surface area contributed by atoms with Gasteiger partial charge in [0.1, 0.15) is 0 Å². The molecule has 1 aromatic heterocycles. The van der Waals surface area contributed by atoms with Crippen LogP contribution in [0.5, 0.6) is 0 Å². The SMILES string of the molecule is CCc1cc(C#N)c(B2OC(C)(C)C(C)(C)O2)cn1. The Labute approximate surface area is 114 Å². The van der Waals surface area contributed by atoms with Gasteiger partial charge in [0.15, 0.2) is 0 Å². The summed E-state index contributed by atoms with van der Waals surface area (Å²) in [7, 11) is -0.530. The molecular weight excluding hydrogens is 239 g/mol. The Bertz CT molecular complexity index is 519. The lowest BCUT2D eigenvalue weighted by Gasteiger charge is -2.32. The number of hydrogen-bond acceptors (Lipinski definition) is 4. The number of nitrogens with zero attached hydrogens (tertiary/aromatic N) is 2. The van der Waals surface area contributed by atoms with E-state index in [1.165, 1.54) is 0 Å². The molecule has 1 fully saturated rings. The van der Waals surface area contributed by atoms with E-state index in [4.69, 9.17) is 9.31 Å². The normalized spacial score (nSPS) is 20.3. The highest BCUT2D eigenvalue weighted by Crippen LogP contribution is 2.36. The lowest BCUT2D eigenvalue weighted by molar-refractivity contribution is 0.00578. The Balaban J connectivity index is 2.37. The van der Waals surface area contributed by atoms with Crippen LogP contribution < -0.4 is 5.46 Å². The van der Waals surface area contributed by atoms with E-state index in [-0.39, 0.29) is 0 Å². The molecule has 0 atom stereocenters. The topological polar surface area (TPSA) is 55.1 Å². The second kappa shape index (κ2) is 4.62. The molecule has 2 heterocycles. The summed E-state index contributed by atoms with van der Waals surface area (Å²) in [6, 6.07) is 4.01. The molecule has 0 radical (unpaired) electrons. The smallest absolute Gasteiger partial charge is 0.399 e. The fraction of sp³-hybridized carbons (Fsp3) is 0.571. The largest absolute Gasteiger partial charge is 0.497 e. The van der Waals surface area contributed by atoms with Gasteiger partial charge in [-0.25, -0.2) is 0 Å². The van der Waals surface area contributed by atoms with Crippen LogP contribution in [-0.4, -0.2) is 23.3 Å². The van der Waals surface area contributed by atoms with E-state index in [1.54, 1.807) is 12.3 Å². The molecule has 1 aromatic rings. The minimum atomic E-state index is -0.530. The van der Waals surface area contributed by atoms with Crippen molar-refractivity contribution in [1.29, 1.82) is 5.26 Å². The molecule has 0 saturated carbocycles. The van der Waals surface area contributed by atoms with Gasteiger partial charge in [-0.3, -0.25) is 4.98 Å². The quantitative estimate of drug-likeness (QED) is 0.759. The molecule has 0 amide bonds. The van der Waals surface area contributed by atoms with Crippen LogP contribution >= 0.6 is 0 Å². The van der Waals surface area contributed by atoms with E-state index in [1.807, 2.05) is 34.6 Å². The first kappa shape index (κ1) is 14.0. The first-order chi connectivity index (χ1) is 8.80. The average molecular weight is 258 g/mol. The van der Waals surface area contributed by atoms with Crippen LogP contribution in [-0.2, 0) is 15.7 Å². The van der Waals surface area contributed by atoms with Crippen LogP contribution in [0.3, 0.4) is 0 Å². The molecule has 1 aliphatic heterocycles. The van der Waals surface area contributed by atoms with Crippen LogP contribution in [0.4, 0.5) is 0 Å². The maximum atomic E-state index is 9.27. The van der Waals surface area contributed by atoms with Crippen molar-refractivity contribution in [3.8, 4) is 6.07 Å². The number of pyridine rings is 1. The fourth-order valence-corrected chi connectivity index (χ4v) is 1.96. The molecule has 100 valence electrons. The van der Waals surface area contributed by atoms with Gasteiger partial charge in [0, 0.05) is 17.4 Å². The highest BCUT2D eigenvalue weighted by atomic mass is 16.7. The standard InChI is InChI=1S/C14H19BN2O2/c1-6-11-7-10(8-16)12(9-17-11)15-18-13(2,3)14(4,5)19-15/h7,9H,6H2,1-5H3. The molecule has 0 spiro atoms. The first-order valence-electron chi connectivity index (χ1n) is 6.55. The van der Waals surface area contributed by atoms with Crippen LogP contribution in [0, 0.1) is 11.3 Å². The molecule has 4 nitrogen and oxygen atoms in total. The van der Waals surface area contributed by atoms with Gasteiger partial charge >= 0.3 is 7.12 Å². The number of hydrogen-bond donors (Lipinski definition) is 0. The van der Waals surface area contributed by atoms with Gasteiger partial charge < -0.3 is 9.31 Å². The zero-order chi connectivity index (χ0) is 14.3. The van der Waals surface area contributed by atoms with Gasteiger partial charge in [-0.05, 0) is 40.2 Å². The van der Waals surface area contributed by atoms with Crippen molar-refractivity contribution in [1.82, 2.24) is 4.98 Å². The van der Waals surface area contributed by atoms with Crippen LogP contribution in [0.15, 0.2) is 12.3 Å². The maximum absolute atomic E-state index is 9.27. The zero-order valence-corrected chi connectivity index (χ0v) is 12.2. The Morgan fingerprint density at radius 2 is 1.84 bits per heavy atom. The van der Waals surface area contributed by atoms with E-state index in [2.05, 4.69) is 11.1 Å². The number of aryl methyl sites for hydroxylation is 1. The molecule has 19 heavy (non-hydrogen) atoms. The number of aromatic nitrogens is 1. The van der Waals surface area contributed by atoms with E-state index >= 15 is 0 Å². The molecule has 0 aliphatic carbocycles. The van der Waals surface area contributed by atoms with Crippen molar-refractivity contribution >= 4 is 12.6 Å². The highest BCUT2D eigenvalue weighted by Gasteiger charge is 2.52. The zero-order valence-electron chi connectivity index (χ0n) is 12.2. The highest BCUT2D eigenvalue weighted by molar-refractivity contribution is 6.62. The summed E-state index contributed by atoms with van der Waals surface area (Å²) in [5.41, 5.74) is 1.36. The minimum Gasteiger partial charge on any atom is -0.399 e. The third-order valence-electron chi connectivity index (χ3n) is 3.98. The van der Waals surface area contributed by atoms with Gasteiger partial charge in [-0.2, -0.15) is 5.26 Å². The number of rotatable bonds is 2. The molecule has 5 heteroatoms. The summed E-state index contributed by atoms with van der Waals surface area (Å²) in [6.45, 7) is 9.98. The van der Waals surface area contributed by atoms with E-state index in [9.17, 15) is 5.26 Å². The van der Waals surface area contributed by atoms with Crippen molar-refractivity contribution in [3.63, 3.8) is 0 Å². The lowest BCUT2D eigenvalue weighted by atomic mass is 9.77. The van der Waals surface area contributed by atoms with Gasteiger partial charge in [0.25, 0.3) is 0 Å². The second-order valence-corrected chi connectivity index (χ2v) is 5.82. The van der Waals surface area contributed by atoms with E-state index in [0.29, 0.717) is 11.0 Å². The van der Waals surface area contributed by atoms with E-state index in [0.717, 1.165) is 12.1 Å². The predicted molar refractivity (Wildman–Crippen MR) is 74.0 cm³/mol. The molecule has 0 unspecified atom stereocenters. The second-order valence-electron chi connectivity index (χ2n) is 5.82. The lowest BCUT2D eigenvalue weighted by Crippen LogP contribution is -2.41. The van der Waals surface area contributed by atoms with Crippen molar-refractivity contribution in [2.24, 2.45) is 0 Å². The Hall–Kier alpha value is -1.38. The third-order valence-corrected chi connectivity index (χ3v) is 3.98. The molecule has 0 N–H and O–H groups in total. The summed E-state index contributed by atoms with van der Waals surface area (Å²) in [4.78, 5) is 4.33. The van der Waals surface area contributed by atoms with Crippen molar-refractivity contribution in [3.05, 3.63) is 23.5 Å². The van der Waals surface area contributed by atoms with Crippen molar-refractivity contribution < 1.29 is 9.31 Å². The van der Waals surface area contributed by atoms with Crippen LogP contribution in [0.1, 0.15) is 45.9 Å². The van der Waals surface area contributed by atoms with Crippen molar-refractivity contribution in [2.45, 2.75) is 52.2 Å². The summed E-state index contributed by atoms with van der Waals surface area (Å²) in [5.74, 6) is 0. The summed E-state index contributed by atoms with van der Waals surface area (Å²) in [6.07, 6.45) is 2.50. The van der Waals surface area contributed by atoms with E-state index < -0.39 is 18.3 Å². The molecule has 0 bridgehead atoms. The monoisotopic (exact) mass is 258 g/mol. The van der Waals surface area contributed by atoms with Gasteiger partial charge in [-0.15, -0.1) is 0 Å². The first-order valence-corrected chi connectivity index (χ1v) is 6.55. The summed E-state index contributed by atoms with van der Waals surface area (Å²) >= 11 is 0. The summed E-state index contributed by atoms with van der Waals surface area (Å²) < 4.78 is 11.9. The van der Waals surface area contributed by atoms with Gasteiger partial charge in [0.05, 0.1) is 22.8 Å². The minimum absolute atomic E-state index is 0.409. The molecule has 1 aliphatic rings. The molecule has 1 saturated heterocycles. The molecule has 0 aromatic carbocycles. The fourth-order valence-electron chi connectivity index (χ4n) is 1.96. The van der Waals surface area contributed by atoms with Crippen LogP contribution in [0.2, 0.25) is 0 Å². The summed E-state index contributed by atoms with van der Waals surface area (Å²) in [5, 5.41) is 9.27. The van der Waals surface area contributed by atoms with Crippen molar-refractivity contribution in [2.75, 3.05) is 0 Å². The average Bonchev–Trinajstić information content (AvgIpc) is 2.57. The molecular formula is C14H19BN2O2. The van der Waals surface area contributed by atoms with Crippen LogP contribution in [0.25, 0.3) is 0 Å².